The maximum Gasteiger partial charge on any atom is 2.00 e. The molecule has 2 heterocycles. The third-order valence-corrected chi connectivity index (χ3v) is 5.39. The van der Waals surface area contributed by atoms with E-state index in [1.807, 2.05) is 0 Å². The Bertz CT molecular complexity index is 945. The molecule has 4 aliphatic rings. The first-order valence-corrected chi connectivity index (χ1v) is 9.97. The van der Waals surface area contributed by atoms with Crippen LogP contribution in [0.3, 0.4) is 0 Å². The predicted molar refractivity (Wildman–Crippen MR) is 115 cm³/mol. The van der Waals surface area contributed by atoms with Crippen molar-refractivity contribution in [1.82, 2.24) is 9.80 Å². The quantitative estimate of drug-likeness (QED) is 0.493. The van der Waals surface area contributed by atoms with E-state index in [0.29, 0.717) is 34.3 Å². The second-order valence-corrected chi connectivity index (χ2v) is 7.27. The molecule has 0 spiro atoms. The summed E-state index contributed by atoms with van der Waals surface area (Å²) >= 11 is 0. The van der Waals surface area contributed by atoms with Crippen LogP contribution in [0.2, 0.25) is 0 Å². The molecule has 2 aromatic rings. The van der Waals surface area contributed by atoms with E-state index >= 15 is 0 Å². The molecule has 0 atom stereocenters. The number of imide groups is 2. The van der Waals surface area contributed by atoms with Gasteiger partial charge in [0.25, 0.3) is 23.6 Å². The summed E-state index contributed by atoms with van der Waals surface area (Å²) in [5.74, 6) is -0.975. The normalized spacial score (nSPS) is 20.0. The minimum absolute atomic E-state index is 0. The maximum atomic E-state index is 12.0. The van der Waals surface area contributed by atoms with Crippen LogP contribution in [-0.4, -0.2) is 33.4 Å². The minimum atomic E-state index is -0.244. The van der Waals surface area contributed by atoms with Gasteiger partial charge in [0.05, 0.1) is 34.3 Å². The molecule has 2 aromatic carbocycles. The number of hydrogen-bond donors (Lipinski definition) is 0. The molecule has 0 bridgehead atoms. The van der Waals surface area contributed by atoms with Crippen LogP contribution in [0.1, 0.15) is 41.4 Å². The molecule has 6 rings (SSSR count). The number of amides is 4. The molecule has 160 valence electrons. The van der Waals surface area contributed by atoms with Crippen LogP contribution in [-0.2, 0) is 17.1 Å². The number of rotatable bonds is 2. The van der Waals surface area contributed by atoms with E-state index in [4.69, 9.17) is 0 Å². The number of hydrogen-bond acceptors (Lipinski definition) is 4. The van der Waals surface area contributed by atoms with Crippen LogP contribution < -0.4 is 0 Å². The smallest absolute Gasteiger partial charge is 0.269 e. The van der Waals surface area contributed by atoms with Crippen molar-refractivity contribution in [2.45, 2.75) is 0 Å². The molecule has 33 heavy (non-hydrogen) atoms. The number of benzene rings is 2. The second kappa shape index (κ2) is 9.62. The van der Waals surface area contributed by atoms with Gasteiger partial charge in [-0.05, 0) is 75.6 Å². The zero-order chi connectivity index (χ0) is 22.2. The monoisotopic (exact) mass is 476 g/mol. The number of carbonyl (C=O) groups excluding carboxylic acids is 4. The standard InChI is InChI=1S/2C13H8NO2.Fe/c2*15-12-10-7-3-4-8-11(10)13(16)14(12)9-5-1-2-6-9;/h2*1-8H;/q;;+2. The molecule has 4 amide bonds. The Kier molecular flexibility index (Phi) is 6.82. The Hall–Kier alpha value is -2.76. The fourth-order valence-corrected chi connectivity index (χ4v) is 3.87. The summed E-state index contributed by atoms with van der Waals surface area (Å²) in [7, 11) is 0. The molecule has 2 aliphatic carbocycles. The van der Waals surface area contributed by atoms with E-state index < -0.39 is 0 Å². The van der Waals surface area contributed by atoms with Gasteiger partial charge in [0.15, 0.2) is 0 Å². The van der Waals surface area contributed by atoms with Crippen molar-refractivity contribution in [3.63, 3.8) is 0 Å². The summed E-state index contributed by atoms with van der Waals surface area (Å²) in [5.41, 5.74) is 1.92. The Labute approximate surface area is 203 Å². The van der Waals surface area contributed by atoms with Gasteiger partial charge in [0.1, 0.15) is 0 Å². The molecule has 10 radical (unpaired) electrons. The van der Waals surface area contributed by atoms with Gasteiger partial charge >= 0.3 is 17.1 Å². The van der Waals surface area contributed by atoms with Crippen LogP contribution in [0.15, 0.2) is 48.5 Å². The molecule has 2 aliphatic heterocycles. The molecule has 0 unspecified atom stereocenters. The van der Waals surface area contributed by atoms with Crippen molar-refractivity contribution in [2.75, 3.05) is 0 Å². The summed E-state index contributed by atoms with van der Waals surface area (Å²) in [6, 6.07) is 15.0. The summed E-state index contributed by atoms with van der Waals surface area (Å²) < 4.78 is 0. The van der Waals surface area contributed by atoms with E-state index in [9.17, 15) is 19.2 Å². The van der Waals surface area contributed by atoms with Crippen LogP contribution in [0.4, 0.5) is 0 Å². The average molecular weight is 476 g/mol. The SMILES string of the molecule is O=C1c2ccccc2C(=O)N1[C]1[CH][CH][CH][CH]1.O=C1c2ccccc2C(=O)N1[C]1[CH][CH][CH][CH]1.[Fe+2]. The van der Waals surface area contributed by atoms with Crippen LogP contribution in [0, 0.1) is 63.5 Å². The van der Waals surface area contributed by atoms with E-state index in [1.165, 1.54) is 9.80 Å². The minimum Gasteiger partial charge on any atom is -0.269 e. The van der Waals surface area contributed by atoms with E-state index in [1.54, 1.807) is 99.9 Å². The Balaban J connectivity index is 0.000000152. The van der Waals surface area contributed by atoms with Gasteiger partial charge in [0, 0.05) is 0 Å². The molecular formula is C26H16FeN2O4+2. The summed E-state index contributed by atoms with van der Waals surface area (Å²) in [6.07, 6.45) is 14.2. The number of nitrogens with zero attached hydrogens (tertiary/aromatic N) is 2. The molecule has 0 aromatic heterocycles. The molecule has 6 nitrogen and oxygen atoms in total. The third kappa shape index (κ3) is 4.04. The fourth-order valence-electron chi connectivity index (χ4n) is 3.87. The fraction of sp³-hybridized carbons (Fsp3) is 0. The van der Waals surface area contributed by atoms with Gasteiger partial charge in [-0.3, -0.25) is 29.0 Å². The van der Waals surface area contributed by atoms with Gasteiger partial charge in [-0.15, -0.1) is 0 Å². The summed E-state index contributed by atoms with van der Waals surface area (Å²) in [4.78, 5) is 50.5. The Morgan fingerprint density at radius 1 is 0.424 bits per heavy atom. The number of fused-ring (bicyclic) bond motifs is 2. The predicted octanol–water partition coefficient (Wildman–Crippen LogP) is 3.29. The van der Waals surface area contributed by atoms with Crippen molar-refractivity contribution in [3.05, 3.63) is 134 Å². The molecule has 0 N–H and O–H groups in total. The zero-order valence-corrected chi connectivity index (χ0v) is 18.2. The molecular weight excluding hydrogens is 460 g/mol. The van der Waals surface area contributed by atoms with Crippen molar-refractivity contribution < 1.29 is 36.2 Å². The molecule has 2 saturated carbocycles. The van der Waals surface area contributed by atoms with Gasteiger partial charge < -0.3 is 0 Å². The van der Waals surface area contributed by atoms with Gasteiger partial charge in [-0.1, -0.05) is 24.3 Å². The van der Waals surface area contributed by atoms with Crippen LogP contribution in [0.25, 0.3) is 0 Å². The zero-order valence-electron chi connectivity index (χ0n) is 17.1. The van der Waals surface area contributed by atoms with Crippen molar-refractivity contribution in [3.8, 4) is 0 Å². The third-order valence-electron chi connectivity index (χ3n) is 5.39. The molecule has 2 fully saturated rings. The first-order chi connectivity index (χ1) is 15.6. The molecule has 7 heteroatoms. The second-order valence-electron chi connectivity index (χ2n) is 7.27. The summed E-state index contributed by atoms with van der Waals surface area (Å²) in [5, 5.41) is 0. The van der Waals surface area contributed by atoms with Crippen LogP contribution >= 0.6 is 0 Å². The van der Waals surface area contributed by atoms with Crippen LogP contribution in [0.5, 0.6) is 0 Å². The van der Waals surface area contributed by atoms with E-state index in [-0.39, 0.29) is 40.7 Å². The van der Waals surface area contributed by atoms with Gasteiger partial charge in [-0.2, -0.15) is 0 Å². The maximum absolute atomic E-state index is 12.0. The first-order valence-electron chi connectivity index (χ1n) is 9.97. The summed E-state index contributed by atoms with van der Waals surface area (Å²) in [6.45, 7) is 0. The Morgan fingerprint density at radius 2 is 0.667 bits per heavy atom. The largest absolute Gasteiger partial charge is 2.00 e. The topological polar surface area (TPSA) is 74.8 Å². The Morgan fingerprint density at radius 3 is 0.909 bits per heavy atom. The molecule has 0 saturated heterocycles. The first kappa shape index (κ1) is 23.4. The average Bonchev–Trinajstić information content (AvgIpc) is 3.60. The van der Waals surface area contributed by atoms with Crippen molar-refractivity contribution >= 4 is 23.6 Å². The van der Waals surface area contributed by atoms with Crippen molar-refractivity contribution in [2.24, 2.45) is 0 Å². The van der Waals surface area contributed by atoms with E-state index in [0.717, 1.165) is 0 Å². The van der Waals surface area contributed by atoms with Crippen molar-refractivity contribution in [1.29, 1.82) is 0 Å². The van der Waals surface area contributed by atoms with Gasteiger partial charge in [0.2, 0.25) is 0 Å². The number of carbonyl (C=O) groups is 4. The van der Waals surface area contributed by atoms with Gasteiger partial charge in [-0.25, -0.2) is 0 Å². The van der Waals surface area contributed by atoms with E-state index in [2.05, 4.69) is 0 Å².